The second-order valence-corrected chi connectivity index (χ2v) is 8.97. The Morgan fingerprint density at radius 2 is 1.96 bits per heavy atom. The van der Waals surface area contributed by atoms with Gasteiger partial charge in [-0.05, 0) is 42.7 Å². The molecule has 1 atom stereocenters. The first-order valence-electron chi connectivity index (χ1n) is 8.92. The summed E-state index contributed by atoms with van der Waals surface area (Å²) in [5.41, 5.74) is 1.00. The molecule has 0 aromatic heterocycles. The van der Waals surface area contributed by atoms with Crippen molar-refractivity contribution < 1.29 is 27.4 Å². The van der Waals surface area contributed by atoms with Crippen molar-refractivity contribution in [3.05, 3.63) is 59.4 Å². The number of amides is 1. The summed E-state index contributed by atoms with van der Waals surface area (Å²) in [4.78, 5) is 13.5. The molecule has 1 aliphatic heterocycles. The Balaban J connectivity index is 1.62. The predicted molar refractivity (Wildman–Crippen MR) is 101 cm³/mol. The van der Waals surface area contributed by atoms with Crippen LogP contribution in [0.4, 0.5) is 4.39 Å². The summed E-state index contributed by atoms with van der Waals surface area (Å²) < 4.78 is 45.3. The fourth-order valence-electron chi connectivity index (χ4n) is 3.16. The van der Waals surface area contributed by atoms with E-state index in [9.17, 15) is 17.6 Å². The smallest absolute Gasteiger partial charge is 0.260 e. The number of nitrogens with zero attached hydrogens (tertiary/aromatic N) is 1. The Kier molecular flexibility index (Phi) is 6.00. The van der Waals surface area contributed by atoms with Crippen LogP contribution in [0.2, 0.25) is 0 Å². The normalized spacial score (nSPS) is 17.0. The van der Waals surface area contributed by atoms with Gasteiger partial charge in [-0.1, -0.05) is 24.3 Å². The maximum Gasteiger partial charge on any atom is 0.260 e. The first-order valence-corrected chi connectivity index (χ1v) is 10.5. The van der Waals surface area contributed by atoms with E-state index in [2.05, 4.69) is 0 Å². The molecule has 8 heteroatoms. The second kappa shape index (κ2) is 8.28. The standard InChI is InChI=1S/C20H22FNO5S/c1-14-3-2-4-18(20(14)21)28(25,26)17-9-10-22(11-17)19(24)13-27-16-7-5-15(12-23)6-8-16/h2-8,17,23H,9-13H2,1H3. The number of sulfone groups is 1. The van der Waals surface area contributed by atoms with Crippen LogP contribution < -0.4 is 4.74 Å². The summed E-state index contributed by atoms with van der Waals surface area (Å²) >= 11 is 0. The molecule has 6 nitrogen and oxygen atoms in total. The van der Waals surface area contributed by atoms with Crippen LogP contribution in [-0.4, -0.2) is 49.3 Å². The van der Waals surface area contributed by atoms with Gasteiger partial charge < -0.3 is 14.7 Å². The van der Waals surface area contributed by atoms with Crippen LogP contribution in [0.15, 0.2) is 47.4 Å². The molecule has 1 saturated heterocycles. The highest BCUT2D eigenvalue weighted by molar-refractivity contribution is 7.92. The van der Waals surface area contributed by atoms with Gasteiger partial charge in [-0.15, -0.1) is 0 Å². The third-order valence-electron chi connectivity index (χ3n) is 4.87. The number of aryl methyl sites for hydroxylation is 1. The minimum absolute atomic E-state index is 0.0152. The summed E-state index contributed by atoms with van der Waals surface area (Å²) in [5, 5.41) is 8.18. The zero-order valence-electron chi connectivity index (χ0n) is 15.5. The highest BCUT2D eigenvalue weighted by Gasteiger charge is 2.37. The molecule has 0 spiro atoms. The van der Waals surface area contributed by atoms with E-state index in [1.54, 1.807) is 24.3 Å². The van der Waals surface area contributed by atoms with E-state index in [-0.39, 0.29) is 49.1 Å². The number of halogens is 1. The summed E-state index contributed by atoms with van der Waals surface area (Å²) in [6, 6.07) is 11.0. The minimum atomic E-state index is -3.87. The van der Waals surface area contributed by atoms with Gasteiger partial charge in [0.25, 0.3) is 5.91 Å². The van der Waals surface area contributed by atoms with E-state index >= 15 is 0 Å². The fraction of sp³-hybridized carbons (Fsp3) is 0.350. The molecule has 0 aliphatic carbocycles. The monoisotopic (exact) mass is 407 g/mol. The molecule has 0 bridgehead atoms. The number of likely N-dealkylation sites (tertiary alicyclic amines) is 1. The molecule has 2 aromatic rings. The fourth-order valence-corrected chi connectivity index (χ4v) is 4.99. The summed E-state index contributed by atoms with van der Waals surface area (Å²) in [6.07, 6.45) is 0.257. The van der Waals surface area contributed by atoms with Crippen LogP contribution in [0.5, 0.6) is 5.75 Å². The Bertz CT molecular complexity index is 959. The van der Waals surface area contributed by atoms with Crippen LogP contribution in [-0.2, 0) is 21.2 Å². The molecule has 150 valence electrons. The first kappa shape index (κ1) is 20.3. The number of carbonyl (C=O) groups is 1. The van der Waals surface area contributed by atoms with E-state index < -0.39 is 20.9 Å². The molecule has 1 N–H and O–H groups in total. The van der Waals surface area contributed by atoms with Crippen molar-refractivity contribution in [2.45, 2.75) is 30.1 Å². The second-order valence-electron chi connectivity index (χ2n) is 6.77. The lowest BCUT2D eigenvalue weighted by Gasteiger charge is -2.17. The molecular formula is C20H22FNO5S. The lowest BCUT2D eigenvalue weighted by Crippen LogP contribution is -2.35. The van der Waals surface area contributed by atoms with Crippen molar-refractivity contribution >= 4 is 15.7 Å². The van der Waals surface area contributed by atoms with Crippen molar-refractivity contribution in [2.75, 3.05) is 19.7 Å². The lowest BCUT2D eigenvalue weighted by molar-refractivity contribution is -0.132. The molecule has 1 amide bonds. The van der Waals surface area contributed by atoms with Crippen LogP contribution in [0.1, 0.15) is 17.5 Å². The third kappa shape index (κ3) is 4.18. The molecule has 3 rings (SSSR count). The van der Waals surface area contributed by atoms with Crippen molar-refractivity contribution in [3.8, 4) is 5.75 Å². The topological polar surface area (TPSA) is 83.9 Å². The summed E-state index contributed by atoms with van der Waals surface area (Å²) in [7, 11) is -3.87. The van der Waals surface area contributed by atoms with Crippen LogP contribution in [0.25, 0.3) is 0 Å². The molecule has 28 heavy (non-hydrogen) atoms. The van der Waals surface area contributed by atoms with Gasteiger partial charge in [0.15, 0.2) is 16.4 Å². The van der Waals surface area contributed by atoms with Crippen molar-refractivity contribution in [1.29, 1.82) is 0 Å². The first-order chi connectivity index (χ1) is 13.3. The van der Waals surface area contributed by atoms with Crippen molar-refractivity contribution in [1.82, 2.24) is 4.90 Å². The van der Waals surface area contributed by atoms with E-state index in [0.29, 0.717) is 5.75 Å². The van der Waals surface area contributed by atoms with Crippen LogP contribution in [0, 0.1) is 12.7 Å². The highest BCUT2D eigenvalue weighted by atomic mass is 32.2. The quantitative estimate of drug-likeness (QED) is 0.793. The van der Waals surface area contributed by atoms with Gasteiger partial charge in [0.1, 0.15) is 16.5 Å². The molecule has 0 saturated carbocycles. The maximum absolute atomic E-state index is 14.3. The SMILES string of the molecule is Cc1cccc(S(=O)(=O)C2CCN(C(=O)COc3ccc(CO)cc3)C2)c1F. The van der Waals surface area contributed by atoms with E-state index in [1.807, 2.05) is 0 Å². The van der Waals surface area contributed by atoms with Gasteiger partial charge in [0.05, 0.1) is 11.9 Å². The molecule has 1 heterocycles. The van der Waals surface area contributed by atoms with Gasteiger partial charge in [-0.2, -0.15) is 0 Å². The summed E-state index contributed by atoms with van der Waals surface area (Å²) in [5.74, 6) is -0.577. The molecule has 1 aliphatic rings. The van der Waals surface area contributed by atoms with Crippen molar-refractivity contribution in [2.24, 2.45) is 0 Å². The van der Waals surface area contributed by atoms with E-state index in [0.717, 1.165) is 5.56 Å². The lowest BCUT2D eigenvalue weighted by atomic mass is 10.2. The zero-order valence-corrected chi connectivity index (χ0v) is 16.3. The van der Waals surface area contributed by atoms with Crippen LogP contribution in [0.3, 0.4) is 0 Å². The Hall–Kier alpha value is -2.45. The van der Waals surface area contributed by atoms with Crippen LogP contribution >= 0.6 is 0 Å². The molecule has 1 fully saturated rings. The Labute approximate surface area is 163 Å². The average Bonchev–Trinajstić information content (AvgIpc) is 3.19. The largest absolute Gasteiger partial charge is 0.484 e. The molecule has 2 aromatic carbocycles. The van der Waals surface area contributed by atoms with Gasteiger partial charge in [-0.25, -0.2) is 12.8 Å². The van der Waals surface area contributed by atoms with Gasteiger partial charge in [0.2, 0.25) is 0 Å². The van der Waals surface area contributed by atoms with Gasteiger partial charge in [-0.3, -0.25) is 4.79 Å². The number of carbonyl (C=O) groups excluding carboxylic acids is 1. The Morgan fingerprint density at radius 3 is 2.64 bits per heavy atom. The number of aliphatic hydroxyl groups is 1. The number of benzene rings is 2. The predicted octanol–water partition coefficient (Wildman–Crippen LogP) is 2.08. The average molecular weight is 407 g/mol. The molecule has 1 unspecified atom stereocenters. The van der Waals surface area contributed by atoms with Crippen molar-refractivity contribution in [3.63, 3.8) is 0 Å². The Morgan fingerprint density at radius 1 is 1.25 bits per heavy atom. The molecular weight excluding hydrogens is 385 g/mol. The zero-order chi connectivity index (χ0) is 20.3. The number of hydrogen-bond donors (Lipinski definition) is 1. The van der Waals surface area contributed by atoms with Gasteiger partial charge in [0, 0.05) is 13.1 Å². The van der Waals surface area contributed by atoms with Gasteiger partial charge >= 0.3 is 0 Å². The third-order valence-corrected chi connectivity index (χ3v) is 7.06. The summed E-state index contributed by atoms with van der Waals surface area (Å²) in [6.45, 7) is 1.52. The number of hydrogen-bond acceptors (Lipinski definition) is 5. The van der Waals surface area contributed by atoms with E-state index in [4.69, 9.17) is 9.84 Å². The minimum Gasteiger partial charge on any atom is -0.484 e. The number of rotatable bonds is 6. The van der Waals surface area contributed by atoms with E-state index in [1.165, 1.54) is 30.0 Å². The number of aliphatic hydroxyl groups excluding tert-OH is 1. The number of ether oxygens (including phenoxy) is 1. The highest BCUT2D eigenvalue weighted by Crippen LogP contribution is 2.27. The maximum atomic E-state index is 14.3. The molecule has 0 radical (unpaired) electrons.